The molecule has 1 atom stereocenters. The lowest BCUT2D eigenvalue weighted by Crippen LogP contribution is -2.42. The van der Waals surface area contributed by atoms with Crippen molar-refractivity contribution in [2.75, 3.05) is 13.2 Å². The highest BCUT2D eigenvalue weighted by Gasteiger charge is 2.40. The second-order valence-electron chi connectivity index (χ2n) is 5.95. The summed E-state index contributed by atoms with van der Waals surface area (Å²) in [4.78, 5) is 5.89. The van der Waals surface area contributed by atoms with Gasteiger partial charge in [-0.3, -0.25) is 0 Å². The number of hydrogen-bond acceptors (Lipinski definition) is 5. The van der Waals surface area contributed by atoms with Crippen molar-refractivity contribution in [1.29, 1.82) is 0 Å². The Morgan fingerprint density at radius 3 is 2.45 bits per heavy atom. The van der Waals surface area contributed by atoms with E-state index < -0.39 is 0 Å². The van der Waals surface area contributed by atoms with Gasteiger partial charge in [0.25, 0.3) is 0 Å². The van der Waals surface area contributed by atoms with E-state index in [0.717, 1.165) is 43.9 Å². The summed E-state index contributed by atoms with van der Waals surface area (Å²) in [6.07, 6.45) is 4.28. The number of nitrogens with zero attached hydrogens (tertiary/aromatic N) is 1. The van der Waals surface area contributed by atoms with Crippen molar-refractivity contribution in [2.24, 2.45) is 0 Å². The van der Waals surface area contributed by atoms with Gasteiger partial charge < -0.3 is 14.8 Å². The summed E-state index contributed by atoms with van der Waals surface area (Å²) in [5, 5.41) is 4.91. The van der Waals surface area contributed by atoms with E-state index in [0.29, 0.717) is 12.1 Å². The molecule has 1 N–H and O–H groups in total. The maximum Gasteiger partial charge on any atom is 0.168 e. The largest absolute Gasteiger partial charge is 0.348 e. The molecule has 2 fully saturated rings. The molecule has 1 saturated carbocycles. The van der Waals surface area contributed by atoms with Gasteiger partial charge in [0, 0.05) is 29.8 Å². The third kappa shape index (κ3) is 2.91. The molecule has 0 amide bonds. The van der Waals surface area contributed by atoms with Crippen molar-refractivity contribution >= 4 is 11.3 Å². The quantitative estimate of drug-likeness (QED) is 0.931. The minimum Gasteiger partial charge on any atom is -0.348 e. The number of aromatic nitrogens is 1. The highest BCUT2D eigenvalue weighted by Crippen LogP contribution is 2.36. The van der Waals surface area contributed by atoms with Crippen molar-refractivity contribution in [2.45, 2.75) is 64.3 Å². The number of thiazole rings is 1. The van der Waals surface area contributed by atoms with Gasteiger partial charge in [-0.2, -0.15) is 0 Å². The van der Waals surface area contributed by atoms with Gasteiger partial charge in [0.2, 0.25) is 0 Å². The SMILES string of the molecule is Cc1nc(C)c(C(C)NC2CCC3(CC2)OCCO3)s1. The number of nitrogens with one attached hydrogen (secondary N) is 1. The molecule has 1 aromatic rings. The summed E-state index contributed by atoms with van der Waals surface area (Å²) in [6.45, 7) is 7.94. The van der Waals surface area contributed by atoms with E-state index in [4.69, 9.17) is 9.47 Å². The van der Waals surface area contributed by atoms with Gasteiger partial charge in [0.15, 0.2) is 5.79 Å². The van der Waals surface area contributed by atoms with Gasteiger partial charge in [0.1, 0.15) is 0 Å². The van der Waals surface area contributed by atoms with Crippen molar-refractivity contribution in [3.63, 3.8) is 0 Å². The standard InChI is InChI=1S/C15H24N2O2S/c1-10-14(20-12(3)16-10)11(2)17-13-4-6-15(7-5-13)18-8-9-19-15/h11,13,17H,4-9H2,1-3H3. The van der Waals surface area contributed by atoms with E-state index >= 15 is 0 Å². The smallest absolute Gasteiger partial charge is 0.168 e. The Morgan fingerprint density at radius 2 is 1.90 bits per heavy atom. The molecule has 112 valence electrons. The zero-order chi connectivity index (χ0) is 14.2. The van der Waals surface area contributed by atoms with Crippen molar-refractivity contribution < 1.29 is 9.47 Å². The molecule has 1 spiro atoms. The van der Waals surface area contributed by atoms with Crippen LogP contribution in [0.25, 0.3) is 0 Å². The molecular formula is C15H24N2O2S. The van der Waals surface area contributed by atoms with Crippen LogP contribution in [0.3, 0.4) is 0 Å². The lowest BCUT2D eigenvalue weighted by atomic mass is 9.89. The predicted octanol–water partition coefficient (Wildman–Crippen LogP) is 3.10. The minimum atomic E-state index is -0.252. The third-order valence-electron chi connectivity index (χ3n) is 4.38. The molecule has 2 heterocycles. The van der Waals surface area contributed by atoms with Crippen molar-refractivity contribution in [3.05, 3.63) is 15.6 Å². The topological polar surface area (TPSA) is 43.4 Å². The number of ether oxygens (including phenoxy) is 2. The second kappa shape index (κ2) is 5.72. The second-order valence-corrected chi connectivity index (χ2v) is 7.19. The predicted molar refractivity (Wildman–Crippen MR) is 80.0 cm³/mol. The normalized spacial score (nSPS) is 24.4. The zero-order valence-electron chi connectivity index (χ0n) is 12.6. The van der Waals surface area contributed by atoms with Crippen LogP contribution in [0.15, 0.2) is 0 Å². The Morgan fingerprint density at radius 1 is 1.25 bits per heavy atom. The number of rotatable bonds is 3. The van der Waals surface area contributed by atoms with Crippen LogP contribution in [0.5, 0.6) is 0 Å². The van der Waals surface area contributed by atoms with E-state index in [1.165, 1.54) is 10.6 Å². The molecule has 0 aromatic carbocycles. The Bertz CT molecular complexity index is 458. The third-order valence-corrected chi connectivity index (χ3v) is 5.63. The molecule has 1 aliphatic heterocycles. The molecule has 2 aliphatic rings. The van der Waals surface area contributed by atoms with E-state index in [9.17, 15) is 0 Å². The average molecular weight is 296 g/mol. The van der Waals surface area contributed by atoms with Gasteiger partial charge in [-0.1, -0.05) is 0 Å². The van der Waals surface area contributed by atoms with Crippen LogP contribution in [0, 0.1) is 13.8 Å². The first-order valence-corrected chi connectivity index (χ1v) is 8.37. The summed E-state index contributed by atoms with van der Waals surface area (Å²) < 4.78 is 11.6. The number of aryl methyl sites for hydroxylation is 2. The molecule has 0 radical (unpaired) electrons. The first kappa shape index (κ1) is 14.4. The van der Waals surface area contributed by atoms with E-state index in [1.807, 2.05) is 0 Å². The van der Waals surface area contributed by atoms with Gasteiger partial charge in [-0.25, -0.2) is 4.98 Å². The van der Waals surface area contributed by atoms with Crippen molar-refractivity contribution in [1.82, 2.24) is 10.3 Å². The fraction of sp³-hybridized carbons (Fsp3) is 0.800. The Kier molecular flexibility index (Phi) is 4.13. The van der Waals surface area contributed by atoms with Crippen LogP contribution in [0.1, 0.15) is 54.2 Å². The molecule has 20 heavy (non-hydrogen) atoms. The Balaban J connectivity index is 1.55. The van der Waals surface area contributed by atoms with E-state index in [-0.39, 0.29) is 5.79 Å². The maximum atomic E-state index is 5.78. The molecule has 5 heteroatoms. The number of hydrogen-bond donors (Lipinski definition) is 1. The van der Waals surface area contributed by atoms with Crippen LogP contribution in [0.4, 0.5) is 0 Å². The fourth-order valence-electron chi connectivity index (χ4n) is 3.39. The molecule has 0 bridgehead atoms. The maximum absolute atomic E-state index is 5.78. The summed E-state index contributed by atoms with van der Waals surface area (Å²) in [7, 11) is 0. The molecule has 4 nitrogen and oxygen atoms in total. The molecule has 1 aromatic heterocycles. The summed E-state index contributed by atoms with van der Waals surface area (Å²) in [5.41, 5.74) is 1.17. The summed E-state index contributed by atoms with van der Waals surface area (Å²) >= 11 is 1.81. The first-order chi connectivity index (χ1) is 9.58. The van der Waals surface area contributed by atoms with Crippen LogP contribution in [-0.4, -0.2) is 30.0 Å². The lowest BCUT2D eigenvalue weighted by Gasteiger charge is -2.36. The van der Waals surface area contributed by atoms with Gasteiger partial charge >= 0.3 is 0 Å². The minimum absolute atomic E-state index is 0.252. The Labute approximate surface area is 124 Å². The average Bonchev–Trinajstić information content (AvgIpc) is 3.00. The van der Waals surface area contributed by atoms with Crippen LogP contribution < -0.4 is 5.32 Å². The highest BCUT2D eigenvalue weighted by atomic mass is 32.1. The molecule has 1 unspecified atom stereocenters. The first-order valence-electron chi connectivity index (χ1n) is 7.56. The molecule has 3 rings (SSSR count). The fourth-order valence-corrected chi connectivity index (χ4v) is 4.33. The van der Waals surface area contributed by atoms with Gasteiger partial charge in [-0.05, 0) is 33.6 Å². The molecule has 1 aliphatic carbocycles. The van der Waals surface area contributed by atoms with Gasteiger partial charge in [0.05, 0.1) is 23.9 Å². The van der Waals surface area contributed by atoms with Crippen LogP contribution >= 0.6 is 11.3 Å². The molecular weight excluding hydrogens is 272 g/mol. The Hall–Kier alpha value is -0.490. The highest BCUT2D eigenvalue weighted by molar-refractivity contribution is 7.11. The monoisotopic (exact) mass is 296 g/mol. The zero-order valence-corrected chi connectivity index (χ0v) is 13.4. The van der Waals surface area contributed by atoms with E-state index in [2.05, 4.69) is 31.1 Å². The van der Waals surface area contributed by atoms with E-state index in [1.54, 1.807) is 11.3 Å². The van der Waals surface area contributed by atoms with Crippen LogP contribution in [0.2, 0.25) is 0 Å². The van der Waals surface area contributed by atoms with Gasteiger partial charge in [-0.15, -0.1) is 11.3 Å². The lowest BCUT2D eigenvalue weighted by molar-refractivity contribution is -0.179. The summed E-state index contributed by atoms with van der Waals surface area (Å²) in [5.74, 6) is -0.252. The van der Waals surface area contributed by atoms with Crippen LogP contribution in [-0.2, 0) is 9.47 Å². The molecule has 1 saturated heterocycles. The van der Waals surface area contributed by atoms with Crippen molar-refractivity contribution in [3.8, 4) is 0 Å². The summed E-state index contributed by atoms with van der Waals surface area (Å²) in [6, 6.07) is 0.941.